The van der Waals surface area contributed by atoms with Crippen LogP contribution < -0.4 is 10.6 Å². The van der Waals surface area contributed by atoms with Gasteiger partial charge in [0, 0.05) is 13.7 Å². The lowest BCUT2D eigenvalue weighted by atomic mass is 10.2. The molecule has 0 fully saturated rings. The predicted octanol–water partition coefficient (Wildman–Crippen LogP) is 4.40. The number of urea groups is 1. The number of carboxylic acids is 1. The van der Waals surface area contributed by atoms with Crippen molar-refractivity contribution in [3.05, 3.63) is 56.1 Å². The molecule has 0 radical (unpaired) electrons. The molecular weight excluding hydrogens is 451 g/mol. The number of nitrogens with one attached hydrogen (secondary N) is 2. The fraction of sp³-hybridized carbons (Fsp3) is 0. The third kappa shape index (κ3) is 4.43. The molecule has 2 aromatic carbocycles. The maximum atomic E-state index is 11.9. The molecule has 0 heterocycles. The molecular formula is C14H10BrIN2O3. The number of aromatic carboxylic acids is 1. The first-order valence-electron chi connectivity index (χ1n) is 5.82. The van der Waals surface area contributed by atoms with Crippen molar-refractivity contribution in [1.82, 2.24) is 0 Å². The van der Waals surface area contributed by atoms with Gasteiger partial charge >= 0.3 is 12.0 Å². The fourth-order valence-corrected chi connectivity index (χ4v) is 2.28. The lowest BCUT2D eigenvalue weighted by molar-refractivity contribution is 0.0697. The summed E-state index contributed by atoms with van der Waals surface area (Å²) < 4.78 is 1.67. The molecule has 5 nitrogen and oxygen atoms in total. The van der Waals surface area contributed by atoms with Gasteiger partial charge in [0.1, 0.15) is 0 Å². The zero-order chi connectivity index (χ0) is 15.4. The van der Waals surface area contributed by atoms with Crippen LogP contribution in [0.2, 0.25) is 0 Å². The van der Waals surface area contributed by atoms with Crippen LogP contribution in [-0.2, 0) is 0 Å². The van der Waals surface area contributed by atoms with Gasteiger partial charge in [-0.25, -0.2) is 9.59 Å². The molecule has 3 N–H and O–H groups in total. The molecule has 2 amide bonds. The number of carbonyl (C=O) groups is 2. The van der Waals surface area contributed by atoms with E-state index in [2.05, 4.69) is 49.2 Å². The molecule has 0 saturated heterocycles. The Kier molecular flexibility index (Phi) is 5.18. The van der Waals surface area contributed by atoms with Crippen LogP contribution in [0.4, 0.5) is 16.2 Å². The summed E-state index contributed by atoms with van der Waals surface area (Å²) in [6.45, 7) is 0. The lowest BCUT2D eigenvalue weighted by Crippen LogP contribution is -2.19. The quantitative estimate of drug-likeness (QED) is 0.594. The van der Waals surface area contributed by atoms with Crippen molar-refractivity contribution in [3.8, 4) is 0 Å². The largest absolute Gasteiger partial charge is 0.478 e. The first kappa shape index (κ1) is 15.8. The van der Waals surface area contributed by atoms with E-state index in [9.17, 15) is 9.59 Å². The topological polar surface area (TPSA) is 78.4 Å². The summed E-state index contributed by atoms with van der Waals surface area (Å²) in [7, 11) is 0. The van der Waals surface area contributed by atoms with Crippen LogP contribution >= 0.6 is 38.5 Å². The Hall–Kier alpha value is -1.61. The van der Waals surface area contributed by atoms with Gasteiger partial charge in [-0.2, -0.15) is 0 Å². The Morgan fingerprint density at radius 2 is 1.71 bits per heavy atom. The maximum absolute atomic E-state index is 11.9. The second kappa shape index (κ2) is 6.90. The summed E-state index contributed by atoms with van der Waals surface area (Å²) in [5, 5.41) is 14.2. The summed E-state index contributed by atoms with van der Waals surface area (Å²) in [5.41, 5.74) is 1.14. The zero-order valence-corrected chi connectivity index (χ0v) is 14.3. The number of rotatable bonds is 3. The monoisotopic (exact) mass is 460 g/mol. The van der Waals surface area contributed by atoms with Gasteiger partial charge in [-0.3, -0.25) is 0 Å². The average Bonchev–Trinajstić information content (AvgIpc) is 2.43. The molecule has 0 spiro atoms. The maximum Gasteiger partial charge on any atom is 0.335 e. The van der Waals surface area contributed by atoms with E-state index in [4.69, 9.17) is 5.11 Å². The number of hydrogen-bond donors (Lipinski definition) is 3. The summed E-state index contributed by atoms with van der Waals surface area (Å²) in [6.07, 6.45) is 0. The normalized spacial score (nSPS) is 10.0. The van der Waals surface area contributed by atoms with E-state index in [1.54, 1.807) is 18.2 Å². The Balaban J connectivity index is 2.10. The second-order valence-corrected chi connectivity index (χ2v) is 6.19. The van der Waals surface area contributed by atoms with E-state index in [-0.39, 0.29) is 5.56 Å². The molecule has 0 bridgehead atoms. The molecule has 0 unspecified atom stereocenters. The van der Waals surface area contributed by atoms with Crippen LogP contribution in [0.3, 0.4) is 0 Å². The number of carboxylic acid groups (broad SMARTS) is 1. The third-order valence-electron chi connectivity index (χ3n) is 2.56. The van der Waals surface area contributed by atoms with E-state index in [0.29, 0.717) is 15.8 Å². The van der Waals surface area contributed by atoms with Gasteiger partial charge in [-0.15, -0.1) is 0 Å². The SMILES string of the molecule is O=C(Nc1ccc(I)cc1)Nc1cc(C(=O)O)ccc1Br. The highest BCUT2D eigenvalue weighted by Gasteiger charge is 2.10. The van der Waals surface area contributed by atoms with Crippen LogP contribution in [0.15, 0.2) is 46.9 Å². The fourth-order valence-electron chi connectivity index (χ4n) is 1.57. The summed E-state index contributed by atoms with van der Waals surface area (Å²) in [6, 6.07) is 11.3. The first-order chi connectivity index (χ1) is 9.95. The van der Waals surface area contributed by atoms with Crippen LogP contribution in [0, 0.1) is 3.57 Å². The van der Waals surface area contributed by atoms with E-state index in [1.807, 2.05) is 12.1 Å². The van der Waals surface area contributed by atoms with E-state index in [0.717, 1.165) is 3.57 Å². The van der Waals surface area contributed by atoms with Gasteiger partial charge in [0.15, 0.2) is 0 Å². The molecule has 0 aliphatic carbocycles. The molecule has 0 aliphatic rings. The Bertz CT molecular complexity index is 689. The molecule has 0 atom stereocenters. The molecule has 0 saturated carbocycles. The summed E-state index contributed by atoms with van der Waals surface area (Å²) in [5.74, 6) is -1.05. The van der Waals surface area contributed by atoms with E-state index >= 15 is 0 Å². The van der Waals surface area contributed by atoms with E-state index in [1.165, 1.54) is 12.1 Å². The Morgan fingerprint density at radius 3 is 2.33 bits per heavy atom. The van der Waals surface area contributed by atoms with Crippen LogP contribution in [0.25, 0.3) is 0 Å². The summed E-state index contributed by atoms with van der Waals surface area (Å²) >= 11 is 5.44. The molecule has 7 heteroatoms. The smallest absolute Gasteiger partial charge is 0.335 e. The summed E-state index contributed by atoms with van der Waals surface area (Å²) in [4.78, 5) is 22.8. The minimum Gasteiger partial charge on any atom is -0.478 e. The van der Waals surface area contributed by atoms with Crippen molar-refractivity contribution >= 4 is 61.9 Å². The van der Waals surface area contributed by atoms with Gasteiger partial charge in [-0.1, -0.05) is 0 Å². The van der Waals surface area contributed by atoms with Gasteiger partial charge in [-0.05, 0) is 81.0 Å². The van der Waals surface area contributed by atoms with Gasteiger partial charge in [0.2, 0.25) is 0 Å². The van der Waals surface area contributed by atoms with Crippen molar-refractivity contribution in [2.75, 3.05) is 10.6 Å². The molecule has 108 valence electrons. The minimum atomic E-state index is -1.05. The number of halogens is 2. The lowest BCUT2D eigenvalue weighted by Gasteiger charge is -2.10. The van der Waals surface area contributed by atoms with Crippen LogP contribution in [0.1, 0.15) is 10.4 Å². The second-order valence-electron chi connectivity index (χ2n) is 4.09. The van der Waals surface area contributed by atoms with Crippen LogP contribution in [-0.4, -0.2) is 17.1 Å². The third-order valence-corrected chi connectivity index (χ3v) is 3.97. The highest BCUT2D eigenvalue weighted by Crippen LogP contribution is 2.24. The Labute approximate surface area is 143 Å². The van der Waals surface area contributed by atoms with Crippen molar-refractivity contribution in [1.29, 1.82) is 0 Å². The predicted molar refractivity (Wildman–Crippen MR) is 92.9 cm³/mol. The highest BCUT2D eigenvalue weighted by molar-refractivity contribution is 14.1. The Morgan fingerprint density at radius 1 is 1.05 bits per heavy atom. The standard InChI is InChI=1S/C14H10BrIN2O3/c15-11-6-1-8(13(19)20)7-12(11)18-14(21)17-10-4-2-9(16)3-5-10/h1-7H,(H,19,20)(H2,17,18,21). The highest BCUT2D eigenvalue weighted by atomic mass is 127. The zero-order valence-electron chi connectivity index (χ0n) is 10.6. The minimum absolute atomic E-state index is 0.0998. The van der Waals surface area contributed by atoms with Crippen molar-refractivity contribution in [2.24, 2.45) is 0 Å². The molecule has 2 aromatic rings. The van der Waals surface area contributed by atoms with Gasteiger partial charge in [0.05, 0.1) is 11.3 Å². The first-order valence-corrected chi connectivity index (χ1v) is 7.69. The average molecular weight is 461 g/mol. The number of carbonyl (C=O) groups excluding carboxylic acids is 1. The molecule has 21 heavy (non-hydrogen) atoms. The van der Waals surface area contributed by atoms with Crippen molar-refractivity contribution < 1.29 is 14.7 Å². The van der Waals surface area contributed by atoms with Gasteiger partial charge in [0.25, 0.3) is 0 Å². The number of benzene rings is 2. The van der Waals surface area contributed by atoms with E-state index < -0.39 is 12.0 Å². The van der Waals surface area contributed by atoms with Crippen LogP contribution in [0.5, 0.6) is 0 Å². The van der Waals surface area contributed by atoms with Crippen molar-refractivity contribution in [2.45, 2.75) is 0 Å². The molecule has 0 aliphatic heterocycles. The molecule has 0 aromatic heterocycles. The number of hydrogen-bond acceptors (Lipinski definition) is 2. The number of anilines is 2. The van der Waals surface area contributed by atoms with Crippen molar-refractivity contribution in [3.63, 3.8) is 0 Å². The molecule has 2 rings (SSSR count). The van der Waals surface area contributed by atoms with Gasteiger partial charge < -0.3 is 15.7 Å². The number of amides is 2.